The smallest absolute Gasteiger partial charge is 0.306 e. The van der Waals surface area contributed by atoms with Crippen molar-refractivity contribution in [3.8, 4) is 0 Å². The number of hydrogen-bond donors (Lipinski definition) is 0. The number of quaternary nitrogens is 1. The maximum absolute atomic E-state index is 12.8. The molecule has 62 heavy (non-hydrogen) atoms. The highest BCUT2D eigenvalue weighted by atomic mass is 31.2. The Bertz CT molecular complexity index is 1090. The van der Waals surface area contributed by atoms with Crippen LogP contribution in [0.4, 0.5) is 0 Å². The van der Waals surface area contributed by atoms with Crippen LogP contribution >= 0.6 is 7.82 Å². The quantitative estimate of drug-likeness (QED) is 0.0197. The van der Waals surface area contributed by atoms with Crippen LogP contribution in [-0.4, -0.2) is 70.7 Å². The minimum absolute atomic E-state index is 0.0243. The van der Waals surface area contributed by atoms with Crippen LogP contribution in [0.5, 0.6) is 0 Å². The van der Waals surface area contributed by atoms with Crippen molar-refractivity contribution in [2.45, 2.75) is 245 Å². The third-order valence-corrected chi connectivity index (χ3v) is 12.4. The molecule has 0 fully saturated rings. The van der Waals surface area contributed by atoms with Gasteiger partial charge in [0.25, 0.3) is 7.82 Å². The summed E-state index contributed by atoms with van der Waals surface area (Å²) in [6, 6.07) is 0. The number of phosphoric ester groups is 1. The molecule has 2 atom stereocenters. The number of carbonyl (C=O) groups excluding carboxylic acids is 1. The number of carbonyl (C=O) groups is 1. The molecule has 0 aliphatic rings. The molecule has 0 spiro atoms. The number of unbranched alkanes of at least 4 members (excludes halogenated alkanes) is 29. The lowest BCUT2D eigenvalue weighted by atomic mass is 10.0. The number of nitrogens with zero attached hydrogens (tertiary/aromatic N) is 1. The van der Waals surface area contributed by atoms with Crippen molar-refractivity contribution in [1.82, 2.24) is 0 Å². The van der Waals surface area contributed by atoms with E-state index in [1.54, 1.807) is 0 Å². The number of ether oxygens (including phenoxy) is 2. The van der Waals surface area contributed by atoms with Crippen LogP contribution in [0.3, 0.4) is 0 Å². The van der Waals surface area contributed by atoms with Gasteiger partial charge in [-0.05, 0) is 44.9 Å². The molecule has 8 nitrogen and oxygen atoms in total. The molecular weight excluding hydrogens is 794 g/mol. The molecule has 9 heteroatoms. The topological polar surface area (TPSA) is 94.1 Å². The predicted molar refractivity (Wildman–Crippen MR) is 263 cm³/mol. The number of esters is 1. The molecule has 2 unspecified atom stereocenters. The summed E-state index contributed by atoms with van der Waals surface area (Å²) < 4.78 is 34.7. The lowest BCUT2D eigenvalue weighted by Gasteiger charge is -2.28. The summed E-state index contributed by atoms with van der Waals surface area (Å²) in [5, 5.41) is 0. The lowest BCUT2D eigenvalue weighted by Crippen LogP contribution is -2.37. The molecular formula is C53H102NO7P. The fourth-order valence-corrected chi connectivity index (χ4v) is 8.17. The Morgan fingerprint density at radius 1 is 0.516 bits per heavy atom. The monoisotopic (exact) mass is 896 g/mol. The molecule has 0 heterocycles. The van der Waals surface area contributed by atoms with E-state index < -0.39 is 13.9 Å². The van der Waals surface area contributed by atoms with E-state index in [0.29, 0.717) is 24.1 Å². The predicted octanol–water partition coefficient (Wildman–Crippen LogP) is 15.5. The molecule has 0 radical (unpaired) electrons. The largest absolute Gasteiger partial charge is 0.756 e. The summed E-state index contributed by atoms with van der Waals surface area (Å²) in [5.74, 6) is -0.334. The van der Waals surface area contributed by atoms with Gasteiger partial charge in [0, 0.05) is 13.0 Å². The number of phosphoric acid groups is 1. The highest BCUT2D eigenvalue weighted by Gasteiger charge is 2.20. The second-order valence-electron chi connectivity index (χ2n) is 18.9. The standard InChI is InChI=1S/C53H102NO7P/c1-6-8-10-12-14-16-18-20-22-24-25-26-27-28-29-30-31-32-34-36-38-40-42-44-46-53(55)61-52(51-60-62(56,57)59-49-47-54(3,4)5)50-58-48-45-43-41-39-37-35-33-23-21-19-17-15-13-11-9-7-2/h9,11,15,17,21,23,52H,6-8,10,12-14,16,18-20,22,24-51H2,1-5H3/b11-9-,17-15-,23-21-. The third kappa shape index (κ3) is 49.7. The second kappa shape index (κ2) is 46.3. The number of allylic oxidation sites excluding steroid dienone is 6. The Kier molecular flexibility index (Phi) is 45.3. The van der Waals surface area contributed by atoms with Gasteiger partial charge in [-0.25, -0.2) is 0 Å². The first-order valence-corrected chi connectivity index (χ1v) is 27.7. The van der Waals surface area contributed by atoms with Crippen LogP contribution in [0.15, 0.2) is 36.5 Å². The summed E-state index contributed by atoms with van der Waals surface area (Å²) in [7, 11) is 1.35. The summed E-state index contributed by atoms with van der Waals surface area (Å²) in [6.07, 6.45) is 56.1. The maximum Gasteiger partial charge on any atom is 0.306 e. The van der Waals surface area contributed by atoms with Gasteiger partial charge >= 0.3 is 5.97 Å². The van der Waals surface area contributed by atoms with Gasteiger partial charge in [-0.2, -0.15) is 0 Å². The van der Waals surface area contributed by atoms with Crippen molar-refractivity contribution in [3.05, 3.63) is 36.5 Å². The second-order valence-corrected chi connectivity index (χ2v) is 20.3. The van der Waals surface area contributed by atoms with Crippen LogP contribution in [-0.2, 0) is 27.9 Å². The Balaban J connectivity index is 4.07. The van der Waals surface area contributed by atoms with Gasteiger partial charge in [-0.15, -0.1) is 0 Å². The Labute approximate surface area is 385 Å². The Morgan fingerprint density at radius 3 is 1.40 bits per heavy atom. The minimum atomic E-state index is -4.53. The first-order chi connectivity index (χ1) is 30.1. The van der Waals surface area contributed by atoms with Gasteiger partial charge in [0.2, 0.25) is 0 Å². The van der Waals surface area contributed by atoms with Crippen molar-refractivity contribution in [1.29, 1.82) is 0 Å². The van der Waals surface area contributed by atoms with Crippen molar-refractivity contribution >= 4 is 13.8 Å². The molecule has 0 amide bonds. The van der Waals surface area contributed by atoms with E-state index in [2.05, 4.69) is 50.3 Å². The van der Waals surface area contributed by atoms with Crippen LogP contribution in [0.1, 0.15) is 239 Å². The first-order valence-electron chi connectivity index (χ1n) is 26.2. The normalized spacial score (nSPS) is 13.8. The average Bonchev–Trinajstić information content (AvgIpc) is 3.23. The van der Waals surface area contributed by atoms with Gasteiger partial charge < -0.3 is 27.9 Å². The van der Waals surface area contributed by atoms with Crippen molar-refractivity contribution in [2.75, 3.05) is 54.1 Å². The molecule has 0 N–H and O–H groups in total. The molecule has 0 aliphatic heterocycles. The summed E-state index contributed by atoms with van der Waals surface area (Å²) in [4.78, 5) is 25.2. The minimum Gasteiger partial charge on any atom is -0.756 e. The van der Waals surface area contributed by atoms with Crippen LogP contribution in [0.25, 0.3) is 0 Å². The zero-order valence-corrected chi connectivity index (χ0v) is 42.5. The van der Waals surface area contributed by atoms with E-state index in [1.165, 1.54) is 154 Å². The maximum atomic E-state index is 12.8. The number of hydrogen-bond acceptors (Lipinski definition) is 7. The number of rotatable bonds is 49. The lowest BCUT2D eigenvalue weighted by molar-refractivity contribution is -0.870. The van der Waals surface area contributed by atoms with E-state index in [4.69, 9.17) is 18.5 Å². The van der Waals surface area contributed by atoms with Gasteiger partial charge in [-0.3, -0.25) is 9.36 Å². The molecule has 366 valence electrons. The highest BCUT2D eigenvalue weighted by molar-refractivity contribution is 7.45. The SMILES string of the molecule is CC/C=C\C/C=C\C/C=C\CCCCCCCCOCC(COP(=O)([O-])OCC[N+](C)(C)C)OC(=O)CCCCCCCCCCCCCCCCCCCCCCCCCC. The molecule has 0 aromatic heterocycles. The van der Waals surface area contributed by atoms with Crippen molar-refractivity contribution in [3.63, 3.8) is 0 Å². The van der Waals surface area contributed by atoms with E-state index in [0.717, 1.165) is 64.2 Å². The molecule has 0 aliphatic carbocycles. The molecule has 0 rings (SSSR count). The average molecular weight is 896 g/mol. The van der Waals surface area contributed by atoms with E-state index in [-0.39, 0.29) is 25.8 Å². The summed E-state index contributed by atoms with van der Waals surface area (Å²) >= 11 is 0. The summed E-state index contributed by atoms with van der Waals surface area (Å²) in [6.45, 7) is 5.31. The first kappa shape index (κ1) is 60.7. The van der Waals surface area contributed by atoms with Crippen LogP contribution in [0, 0.1) is 0 Å². The highest BCUT2D eigenvalue weighted by Crippen LogP contribution is 2.38. The van der Waals surface area contributed by atoms with E-state index >= 15 is 0 Å². The van der Waals surface area contributed by atoms with E-state index in [1.807, 2.05) is 21.1 Å². The third-order valence-electron chi connectivity index (χ3n) is 11.5. The van der Waals surface area contributed by atoms with Crippen molar-refractivity contribution < 1.29 is 37.3 Å². The Hall–Kier alpha value is -1.28. The molecule has 0 bridgehead atoms. The van der Waals surface area contributed by atoms with Crippen LogP contribution < -0.4 is 4.89 Å². The molecule has 0 saturated heterocycles. The van der Waals surface area contributed by atoms with Gasteiger partial charge in [-0.1, -0.05) is 224 Å². The Morgan fingerprint density at radius 2 is 0.935 bits per heavy atom. The molecule has 0 saturated carbocycles. The van der Waals surface area contributed by atoms with Gasteiger partial charge in [0.15, 0.2) is 0 Å². The van der Waals surface area contributed by atoms with Crippen molar-refractivity contribution in [2.24, 2.45) is 0 Å². The van der Waals surface area contributed by atoms with Gasteiger partial charge in [0.1, 0.15) is 19.3 Å². The zero-order valence-electron chi connectivity index (χ0n) is 41.6. The number of likely N-dealkylation sites (N-methyl/N-ethyl adjacent to an activating group) is 1. The van der Waals surface area contributed by atoms with Crippen LogP contribution in [0.2, 0.25) is 0 Å². The summed E-state index contributed by atoms with van der Waals surface area (Å²) in [5.41, 5.74) is 0. The zero-order chi connectivity index (χ0) is 45.5. The molecule has 0 aromatic carbocycles. The fourth-order valence-electron chi connectivity index (χ4n) is 7.45. The van der Waals surface area contributed by atoms with E-state index in [9.17, 15) is 14.3 Å². The molecule has 0 aromatic rings. The van der Waals surface area contributed by atoms with Gasteiger partial charge in [0.05, 0.1) is 34.4 Å². The fraction of sp³-hybridized carbons (Fsp3) is 0.868.